The molecule has 2 N–H and O–H groups in total. The molecule has 2 atom stereocenters. The molecule has 5 nitrogen and oxygen atoms in total. The van der Waals surface area contributed by atoms with Gasteiger partial charge in [-0.05, 0) is 31.9 Å². The molecule has 1 aromatic rings. The summed E-state index contributed by atoms with van der Waals surface area (Å²) in [5, 5.41) is 0. The van der Waals surface area contributed by atoms with Gasteiger partial charge in [-0.15, -0.1) is 0 Å². The first-order valence-electron chi connectivity index (χ1n) is 6.65. The van der Waals surface area contributed by atoms with Crippen molar-refractivity contribution in [3.05, 3.63) is 24.0 Å². The molecule has 1 saturated carbocycles. The van der Waals surface area contributed by atoms with Gasteiger partial charge in [-0.3, -0.25) is 0 Å². The molecule has 0 bridgehead atoms. The number of esters is 1. The highest BCUT2D eigenvalue weighted by molar-refractivity contribution is 5.87. The van der Waals surface area contributed by atoms with Crippen LogP contribution in [-0.4, -0.2) is 30.7 Å². The van der Waals surface area contributed by atoms with E-state index in [9.17, 15) is 4.79 Å². The third-order valence-corrected chi connectivity index (χ3v) is 3.56. The molecule has 0 aromatic carbocycles. The molecular formula is C14H20N2O3. The standard InChI is InChI=1S/C14H20N2O3/c1-18-14(17)12-8-11(6-7-16-12)19-13-5-3-2-4-10(13)9-15/h6-8,10,13H,2-5,9,15H2,1H3. The van der Waals surface area contributed by atoms with E-state index in [1.165, 1.54) is 13.5 Å². The highest BCUT2D eigenvalue weighted by Gasteiger charge is 2.25. The van der Waals surface area contributed by atoms with E-state index in [4.69, 9.17) is 10.5 Å². The Morgan fingerprint density at radius 1 is 1.47 bits per heavy atom. The second kappa shape index (κ2) is 6.52. The van der Waals surface area contributed by atoms with Gasteiger partial charge < -0.3 is 15.2 Å². The zero-order valence-electron chi connectivity index (χ0n) is 11.2. The van der Waals surface area contributed by atoms with Crippen molar-refractivity contribution in [2.24, 2.45) is 11.7 Å². The van der Waals surface area contributed by atoms with E-state index >= 15 is 0 Å². The molecule has 0 spiro atoms. The molecule has 1 aromatic heterocycles. The van der Waals surface area contributed by atoms with Gasteiger partial charge in [-0.2, -0.15) is 0 Å². The average molecular weight is 264 g/mol. The summed E-state index contributed by atoms with van der Waals surface area (Å²) in [6.07, 6.45) is 6.18. The topological polar surface area (TPSA) is 74.4 Å². The van der Waals surface area contributed by atoms with Crippen LogP contribution >= 0.6 is 0 Å². The minimum atomic E-state index is -0.454. The Morgan fingerprint density at radius 2 is 2.26 bits per heavy atom. The van der Waals surface area contributed by atoms with Gasteiger partial charge in [0.1, 0.15) is 11.9 Å². The van der Waals surface area contributed by atoms with Crippen LogP contribution in [-0.2, 0) is 4.74 Å². The van der Waals surface area contributed by atoms with Crippen molar-refractivity contribution in [2.45, 2.75) is 31.8 Å². The third kappa shape index (κ3) is 3.44. The van der Waals surface area contributed by atoms with Gasteiger partial charge in [-0.25, -0.2) is 9.78 Å². The molecule has 19 heavy (non-hydrogen) atoms. The van der Waals surface area contributed by atoms with Crippen LogP contribution in [0, 0.1) is 5.92 Å². The van der Waals surface area contributed by atoms with Crippen LogP contribution < -0.4 is 10.5 Å². The second-order valence-electron chi connectivity index (χ2n) is 4.80. The zero-order chi connectivity index (χ0) is 13.7. The summed E-state index contributed by atoms with van der Waals surface area (Å²) in [7, 11) is 1.34. The number of rotatable bonds is 4. The van der Waals surface area contributed by atoms with Crippen molar-refractivity contribution in [3.63, 3.8) is 0 Å². The fourth-order valence-electron chi connectivity index (χ4n) is 2.47. The number of carbonyl (C=O) groups is 1. The Hall–Kier alpha value is -1.62. The number of carbonyl (C=O) groups excluding carboxylic acids is 1. The molecule has 5 heteroatoms. The Morgan fingerprint density at radius 3 is 3.00 bits per heavy atom. The van der Waals surface area contributed by atoms with Crippen molar-refractivity contribution in [2.75, 3.05) is 13.7 Å². The lowest BCUT2D eigenvalue weighted by Crippen LogP contribution is -2.35. The van der Waals surface area contributed by atoms with E-state index in [1.807, 2.05) is 0 Å². The molecule has 2 unspecified atom stereocenters. The first-order chi connectivity index (χ1) is 9.24. The predicted octanol–water partition coefficient (Wildman–Crippen LogP) is 1.76. The summed E-state index contributed by atoms with van der Waals surface area (Å²) >= 11 is 0. The number of hydrogen-bond donors (Lipinski definition) is 1. The number of ether oxygens (including phenoxy) is 2. The Labute approximate surface area is 113 Å². The zero-order valence-corrected chi connectivity index (χ0v) is 11.2. The minimum Gasteiger partial charge on any atom is -0.490 e. The van der Waals surface area contributed by atoms with E-state index < -0.39 is 5.97 Å². The maximum Gasteiger partial charge on any atom is 0.356 e. The monoisotopic (exact) mass is 264 g/mol. The molecule has 0 radical (unpaired) electrons. The molecular weight excluding hydrogens is 244 g/mol. The first-order valence-corrected chi connectivity index (χ1v) is 6.65. The van der Waals surface area contributed by atoms with Gasteiger partial charge in [0.25, 0.3) is 0 Å². The Kier molecular flexibility index (Phi) is 4.74. The van der Waals surface area contributed by atoms with Gasteiger partial charge in [0.2, 0.25) is 0 Å². The van der Waals surface area contributed by atoms with Crippen LogP contribution in [0.4, 0.5) is 0 Å². The van der Waals surface area contributed by atoms with Crippen LogP contribution in [0.2, 0.25) is 0 Å². The van der Waals surface area contributed by atoms with Gasteiger partial charge in [0.15, 0.2) is 5.69 Å². The number of nitrogens with two attached hydrogens (primary N) is 1. The van der Waals surface area contributed by atoms with Gasteiger partial charge in [0, 0.05) is 18.2 Å². The van der Waals surface area contributed by atoms with Crippen LogP contribution in [0.3, 0.4) is 0 Å². The largest absolute Gasteiger partial charge is 0.490 e. The molecule has 2 rings (SSSR count). The molecule has 0 amide bonds. The van der Waals surface area contributed by atoms with Crippen LogP contribution in [0.1, 0.15) is 36.2 Å². The van der Waals surface area contributed by atoms with Gasteiger partial charge >= 0.3 is 5.97 Å². The summed E-state index contributed by atoms with van der Waals surface area (Å²) in [4.78, 5) is 15.4. The molecule has 1 aliphatic rings. The quantitative estimate of drug-likeness (QED) is 0.839. The summed E-state index contributed by atoms with van der Waals surface area (Å²) in [5.41, 5.74) is 6.04. The normalized spacial score (nSPS) is 22.8. The molecule has 0 aliphatic heterocycles. The van der Waals surface area contributed by atoms with E-state index in [-0.39, 0.29) is 11.8 Å². The number of aromatic nitrogens is 1. The minimum absolute atomic E-state index is 0.131. The first kappa shape index (κ1) is 13.8. The molecule has 1 heterocycles. The predicted molar refractivity (Wildman–Crippen MR) is 71.0 cm³/mol. The van der Waals surface area contributed by atoms with E-state index in [0.29, 0.717) is 18.2 Å². The van der Waals surface area contributed by atoms with Crippen molar-refractivity contribution in [3.8, 4) is 5.75 Å². The van der Waals surface area contributed by atoms with E-state index in [1.54, 1.807) is 18.3 Å². The highest BCUT2D eigenvalue weighted by atomic mass is 16.5. The molecule has 104 valence electrons. The second-order valence-corrected chi connectivity index (χ2v) is 4.80. The van der Waals surface area contributed by atoms with E-state index in [0.717, 1.165) is 19.3 Å². The van der Waals surface area contributed by atoms with Crippen LogP contribution in [0.5, 0.6) is 5.75 Å². The third-order valence-electron chi connectivity index (χ3n) is 3.56. The molecule has 1 fully saturated rings. The summed E-state index contributed by atoms with van der Waals surface area (Å²) < 4.78 is 10.6. The SMILES string of the molecule is COC(=O)c1cc(OC2CCCCC2CN)ccn1. The van der Waals surface area contributed by atoms with Crippen molar-refractivity contribution in [1.29, 1.82) is 0 Å². The Balaban J connectivity index is 2.07. The number of methoxy groups -OCH3 is 1. The van der Waals surface area contributed by atoms with Crippen molar-refractivity contribution < 1.29 is 14.3 Å². The lowest BCUT2D eigenvalue weighted by atomic mass is 9.86. The molecule has 0 saturated heterocycles. The van der Waals surface area contributed by atoms with Gasteiger partial charge in [0.05, 0.1) is 7.11 Å². The number of pyridine rings is 1. The number of hydrogen-bond acceptors (Lipinski definition) is 5. The van der Waals surface area contributed by atoms with Crippen LogP contribution in [0.25, 0.3) is 0 Å². The lowest BCUT2D eigenvalue weighted by molar-refractivity contribution is 0.0591. The van der Waals surface area contributed by atoms with Crippen LogP contribution in [0.15, 0.2) is 18.3 Å². The molecule has 1 aliphatic carbocycles. The summed E-state index contributed by atoms with van der Waals surface area (Å²) in [6, 6.07) is 3.38. The van der Waals surface area contributed by atoms with Crippen molar-refractivity contribution in [1.82, 2.24) is 4.98 Å². The van der Waals surface area contributed by atoms with Crippen molar-refractivity contribution >= 4 is 5.97 Å². The van der Waals surface area contributed by atoms with Gasteiger partial charge in [-0.1, -0.05) is 6.42 Å². The maximum atomic E-state index is 11.4. The highest BCUT2D eigenvalue weighted by Crippen LogP contribution is 2.27. The van der Waals surface area contributed by atoms with E-state index in [2.05, 4.69) is 9.72 Å². The Bertz CT molecular complexity index is 436. The lowest BCUT2D eigenvalue weighted by Gasteiger charge is -2.31. The smallest absolute Gasteiger partial charge is 0.356 e. The summed E-state index contributed by atoms with van der Waals surface area (Å²) in [6.45, 7) is 0.639. The fourth-order valence-corrected chi connectivity index (χ4v) is 2.47. The maximum absolute atomic E-state index is 11.4. The summed E-state index contributed by atoms with van der Waals surface area (Å²) in [5.74, 6) is 0.591. The number of nitrogens with zero attached hydrogens (tertiary/aromatic N) is 1. The fraction of sp³-hybridized carbons (Fsp3) is 0.571. The average Bonchev–Trinajstić information content (AvgIpc) is 2.47.